The van der Waals surface area contributed by atoms with Gasteiger partial charge in [0.1, 0.15) is 11.5 Å². The molecule has 0 aliphatic heterocycles. The highest BCUT2D eigenvalue weighted by Gasteiger charge is 2.12. The third-order valence-electron chi connectivity index (χ3n) is 4.73. The molecule has 4 rings (SSSR count). The van der Waals surface area contributed by atoms with Gasteiger partial charge < -0.3 is 5.73 Å². The third-order valence-corrected chi connectivity index (χ3v) is 4.73. The predicted octanol–water partition coefficient (Wildman–Crippen LogP) is 4.32. The molecule has 0 saturated carbocycles. The number of fused-ring (bicyclic) bond motifs is 1. The molecule has 1 amide bonds. The standard InChI is InChI=1S/C23H18FN3O/c24-18-6-4-17(5-7-18)20-14-22(23(25)28)27-21-13-16(3-8-19(20)21)2-1-15-9-11-26-12-10-15/h3-14H,1-2H2,(H2,25,28). The fourth-order valence-corrected chi connectivity index (χ4v) is 3.26. The summed E-state index contributed by atoms with van der Waals surface area (Å²) in [7, 11) is 0. The van der Waals surface area contributed by atoms with Crippen molar-refractivity contribution in [1.82, 2.24) is 9.97 Å². The molecule has 2 aromatic heterocycles. The summed E-state index contributed by atoms with van der Waals surface area (Å²) in [5, 5.41) is 0.893. The Morgan fingerprint density at radius 3 is 2.32 bits per heavy atom. The summed E-state index contributed by atoms with van der Waals surface area (Å²) in [5.41, 5.74) is 10.3. The highest BCUT2D eigenvalue weighted by atomic mass is 19.1. The number of aryl methyl sites for hydroxylation is 2. The van der Waals surface area contributed by atoms with Gasteiger partial charge in [0.15, 0.2) is 0 Å². The Balaban J connectivity index is 1.75. The predicted molar refractivity (Wildman–Crippen MR) is 107 cm³/mol. The zero-order valence-electron chi connectivity index (χ0n) is 15.1. The van der Waals surface area contributed by atoms with Crippen LogP contribution >= 0.6 is 0 Å². The molecule has 5 heteroatoms. The van der Waals surface area contributed by atoms with E-state index in [1.54, 1.807) is 30.6 Å². The molecule has 0 fully saturated rings. The number of hydrogen-bond acceptors (Lipinski definition) is 3. The van der Waals surface area contributed by atoms with E-state index in [9.17, 15) is 9.18 Å². The minimum atomic E-state index is -0.590. The first-order valence-corrected chi connectivity index (χ1v) is 8.98. The first-order chi connectivity index (χ1) is 13.6. The lowest BCUT2D eigenvalue weighted by Gasteiger charge is -2.10. The monoisotopic (exact) mass is 371 g/mol. The smallest absolute Gasteiger partial charge is 0.267 e. The lowest BCUT2D eigenvalue weighted by atomic mass is 9.97. The largest absolute Gasteiger partial charge is 0.364 e. The van der Waals surface area contributed by atoms with Crippen LogP contribution in [-0.4, -0.2) is 15.9 Å². The second-order valence-electron chi connectivity index (χ2n) is 6.63. The molecule has 4 nitrogen and oxygen atoms in total. The highest BCUT2D eigenvalue weighted by molar-refractivity contribution is 6.00. The van der Waals surface area contributed by atoms with Gasteiger partial charge in [0.05, 0.1) is 5.52 Å². The van der Waals surface area contributed by atoms with Crippen molar-refractivity contribution in [2.24, 2.45) is 5.73 Å². The number of carbonyl (C=O) groups excluding carboxylic acids is 1. The van der Waals surface area contributed by atoms with Gasteiger partial charge in [-0.3, -0.25) is 9.78 Å². The number of nitrogens with zero attached hydrogens (tertiary/aromatic N) is 2. The summed E-state index contributed by atoms with van der Waals surface area (Å²) in [6.45, 7) is 0. The van der Waals surface area contributed by atoms with Crippen LogP contribution in [0.3, 0.4) is 0 Å². The van der Waals surface area contributed by atoms with Crippen molar-refractivity contribution in [3.8, 4) is 11.1 Å². The number of primary amides is 1. The molecular weight excluding hydrogens is 353 g/mol. The van der Waals surface area contributed by atoms with Crippen molar-refractivity contribution in [2.75, 3.05) is 0 Å². The fourth-order valence-electron chi connectivity index (χ4n) is 3.26. The summed E-state index contributed by atoms with van der Waals surface area (Å²) >= 11 is 0. The zero-order valence-corrected chi connectivity index (χ0v) is 15.1. The quantitative estimate of drug-likeness (QED) is 0.568. The number of halogens is 1. The number of rotatable bonds is 5. The van der Waals surface area contributed by atoms with Crippen LogP contribution in [0, 0.1) is 5.82 Å². The Hall–Kier alpha value is -3.60. The minimum absolute atomic E-state index is 0.193. The average molecular weight is 371 g/mol. The van der Waals surface area contributed by atoms with E-state index in [2.05, 4.69) is 16.0 Å². The molecule has 0 atom stereocenters. The highest BCUT2D eigenvalue weighted by Crippen LogP contribution is 2.29. The molecule has 28 heavy (non-hydrogen) atoms. The minimum Gasteiger partial charge on any atom is -0.364 e. The van der Waals surface area contributed by atoms with Gasteiger partial charge in [-0.2, -0.15) is 0 Å². The third kappa shape index (κ3) is 3.74. The SMILES string of the molecule is NC(=O)c1cc(-c2ccc(F)cc2)c2ccc(CCc3ccncc3)cc2n1. The van der Waals surface area contributed by atoms with Crippen molar-refractivity contribution in [1.29, 1.82) is 0 Å². The molecular formula is C23H18FN3O. The van der Waals surface area contributed by atoms with E-state index in [0.717, 1.165) is 34.9 Å². The van der Waals surface area contributed by atoms with Gasteiger partial charge in [-0.1, -0.05) is 24.3 Å². The molecule has 0 aliphatic carbocycles. The van der Waals surface area contributed by atoms with Gasteiger partial charge in [-0.15, -0.1) is 0 Å². The first-order valence-electron chi connectivity index (χ1n) is 8.98. The average Bonchev–Trinajstić information content (AvgIpc) is 2.72. The lowest BCUT2D eigenvalue weighted by molar-refractivity contribution is 0.0996. The second-order valence-corrected chi connectivity index (χ2v) is 6.63. The van der Waals surface area contributed by atoms with E-state index in [0.29, 0.717) is 5.52 Å². The van der Waals surface area contributed by atoms with Crippen LogP contribution in [0.25, 0.3) is 22.0 Å². The molecule has 4 aromatic rings. The van der Waals surface area contributed by atoms with Crippen LogP contribution in [0.5, 0.6) is 0 Å². The normalized spacial score (nSPS) is 10.9. The maximum absolute atomic E-state index is 13.3. The molecule has 138 valence electrons. The Morgan fingerprint density at radius 1 is 0.893 bits per heavy atom. The molecule has 0 aliphatic rings. The molecule has 0 spiro atoms. The van der Waals surface area contributed by atoms with E-state index in [4.69, 9.17) is 5.73 Å². The van der Waals surface area contributed by atoms with Crippen LogP contribution in [0.4, 0.5) is 4.39 Å². The first kappa shape index (κ1) is 17.8. The molecule has 2 N–H and O–H groups in total. The van der Waals surface area contributed by atoms with E-state index < -0.39 is 5.91 Å². The number of pyridine rings is 2. The maximum Gasteiger partial charge on any atom is 0.267 e. The summed E-state index contributed by atoms with van der Waals surface area (Å²) < 4.78 is 13.3. The second kappa shape index (κ2) is 7.56. The Kier molecular flexibility index (Phi) is 4.81. The number of hydrogen-bond donors (Lipinski definition) is 1. The Morgan fingerprint density at radius 2 is 1.61 bits per heavy atom. The van der Waals surface area contributed by atoms with Gasteiger partial charge in [0.2, 0.25) is 0 Å². The van der Waals surface area contributed by atoms with Gasteiger partial charge in [0.25, 0.3) is 5.91 Å². The molecule has 0 saturated heterocycles. The molecule has 0 bridgehead atoms. The summed E-state index contributed by atoms with van der Waals surface area (Å²) in [6, 6.07) is 17.9. The van der Waals surface area contributed by atoms with Crippen LogP contribution in [0.1, 0.15) is 21.6 Å². The summed E-state index contributed by atoms with van der Waals surface area (Å²) in [4.78, 5) is 20.2. The lowest BCUT2D eigenvalue weighted by Crippen LogP contribution is -2.13. The Bertz CT molecular complexity index is 1140. The topological polar surface area (TPSA) is 68.9 Å². The number of benzene rings is 2. The van der Waals surface area contributed by atoms with Crippen molar-refractivity contribution in [2.45, 2.75) is 12.8 Å². The molecule has 0 radical (unpaired) electrons. The number of amides is 1. The number of aromatic nitrogens is 2. The maximum atomic E-state index is 13.3. The van der Waals surface area contributed by atoms with Gasteiger partial charge in [-0.05, 0) is 71.5 Å². The van der Waals surface area contributed by atoms with E-state index in [-0.39, 0.29) is 11.5 Å². The van der Waals surface area contributed by atoms with Crippen LogP contribution in [-0.2, 0) is 12.8 Å². The van der Waals surface area contributed by atoms with Gasteiger partial charge in [-0.25, -0.2) is 9.37 Å². The van der Waals surface area contributed by atoms with Crippen molar-refractivity contribution < 1.29 is 9.18 Å². The van der Waals surface area contributed by atoms with Crippen LogP contribution in [0.15, 0.2) is 73.1 Å². The summed E-state index contributed by atoms with van der Waals surface area (Å²) in [6.07, 6.45) is 5.29. The van der Waals surface area contributed by atoms with E-state index in [1.165, 1.54) is 17.7 Å². The van der Waals surface area contributed by atoms with Crippen LogP contribution in [0.2, 0.25) is 0 Å². The van der Waals surface area contributed by atoms with Gasteiger partial charge in [0, 0.05) is 17.8 Å². The zero-order chi connectivity index (χ0) is 19.5. The van der Waals surface area contributed by atoms with Crippen molar-refractivity contribution in [3.05, 3.63) is 95.7 Å². The van der Waals surface area contributed by atoms with Crippen LogP contribution < -0.4 is 5.73 Å². The van der Waals surface area contributed by atoms with E-state index in [1.807, 2.05) is 24.3 Å². The van der Waals surface area contributed by atoms with E-state index >= 15 is 0 Å². The Labute approximate surface area is 161 Å². The molecule has 0 unspecified atom stereocenters. The molecule has 2 heterocycles. The van der Waals surface area contributed by atoms with Crippen molar-refractivity contribution in [3.63, 3.8) is 0 Å². The number of nitrogens with two attached hydrogens (primary N) is 1. The summed E-state index contributed by atoms with van der Waals surface area (Å²) in [5.74, 6) is -0.900. The fraction of sp³-hybridized carbons (Fsp3) is 0.0870. The van der Waals surface area contributed by atoms with Gasteiger partial charge >= 0.3 is 0 Å². The molecule has 2 aromatic carbocycles. The van der Waals surface area contributed by atoms with Crippen molar-refractivity contribution >= 4 is 16.8 Å². The number of carbonyl (C=O) groups is 1.